The number of benzene rings is 1. The number of nitrogens with zero attached hydrogens (tertiary/aromatic N) is 2. The molecule has 1 aromatic rings. The number of piperidine rings is 1. The van der Waals surface area contributed by atoms with Gasteiger partial charge in [-0.1, -0.05) is 6.42 Å². The minimum atomic E-state index is -4.01. The van der Waals surface area contributed by atoms with Gasteiger partial charge in [-0.25, -0.2) is 12.8 Å². The molecule has 1 saturated heterocycles. The summed E-state index contributed by atoms with van der Waals surface area (Å²) in [4.78, 5) is 9.78. The van der Waals surface area contributed by atoms with E-state index in [0.29, 0.717) is 12.8 Å². The summed E-state index contributed by atoms with van der Waals surface area (Å²) in [6.07, 6.45) is 2.19. The van der Waals surface area contributed by atoms with Crippen molar-refractivity contribution in [1.29, 1.82) is 0 Å². The van der Waals surface area contributed by atoms with Gasteiger partial charge in [0.15, 0.2) is 0 Å². The van der Waals surface area contributed by atoms with Crippen LogP contribution in [0.3, 0.4) is 0 Å². The molecule has 0 bridgehead atoms. The van der Waals surface area contributed by atoms with Crippen molar-refractivity contribution in [2.45, 2.75) is 37.1 Å². The first kappa shape index (κ1) is 16.8. The monoisotopic (exact) mass is 331 g/mol. The second kappa shape index (κ2) is 6.27. The van der Waals surface area contributed by atoms with E-state index in [2.05, 4.69) is 0 Å². The lowest BCUT2D eigenvalue weighted by molar-refractivity contribution is -0.385. The van der Waals surface area contributed by atoms with Gasteiger partial charge in [-0.2, -0.15) is 4.31 Å². The van der Waals surface area contributed by atoms with Crippen molar-refractivity contribution < 1.29 is 17.7 Å². The van der Waals surface area contributed by atoms with Crippen LogP contribution in [0.1, 0.15) is 24.8 Å². The smallest absolute Gasteiger partial charge is 0.276 e. The van der Waals surface area contributed by atoms with Crippen molar-refractivity contribution in [2.75, 3.05) is 13.1 Å². The highest BCUT2D eigenvalue weighted by Gasteiger charge is 2.34. The predicted molar refractivity (Wildman–Crippen MR) is 78.4 cm³/mol. The maximum atomic E-state index is 13.9. The van der Waals surface area contributed by atoms with E-state index in [-0.39, 0.29) is 24.7 Å². The number of nitrogens with two attached hydrogens (primary N) is 1. The van der Waals surface area contributed by atoms with Gasteiger partial charge >= 0.3 is 0 Å². The summed E-state index contributed by atoms with van der Waals surface area (Å²) in [7, 11) is -4.01. The summed E-state index contributed by atoms with van der Waals surface area (Å²) in [5.74, 6) is -0.908. The SMILES string of the molecule is Cc1c(F)cc(S(=O)(=O)N2CCCCC2CN)cc1[N+](=O)[O-]. The Morgan fingerprint density at radius 3 is 2.73 bits per heavy atom. The molecule has 1 fully saturated rings. The minimum Gasteiger partial charge on any atom is -0.329 e. The van der Waals surface area contributed by atoms with Gasteiger partial charge in [0, 0.05) is 25.2 Å². The molecule has 0 spiro atoms. The summed E-state index contributed by atoms with van der Waals surface area (Å²) < 4.78 is 40.4. The molecular formula is C13H18FN3O4S. The van der Waals surface area contributed by atoms with E-state index < -0.39 is 31.3 Å². The molecule has 1 atom stereocenters. The van der Waals surface area contributed by atoms with E-state index in [1.54, 1.807) is 0 Å². The fourth-order valence-corrected chi connectivity index (χ4v) is 4.38. The highest BCUT2D eigenvalue weighted by molar-refractivity contribution is 7.89. The second-order valence-electron chi connectivity index (χ2n) is 5.31. The van der Waals surface area contributed by atoms with Gasteiger partial charge in [-0.05, 0) is 25.8 Å². The molecular weight excluding hydrogens is 313 g/mol. The third kappa shape index (κ3) is 2.96. The van der Waals surface area contributed by atoms with Gasteiger partial charge < -0.3 is 5.73 Å². The van der Waals surface area contributed by atoms with Crippen LogP contribution in [0.25, 0.3) is 0 Å². The molecule has 0 amide bonds. The zero-order chi connectivity index (χ0) is 16.5. The average Bonchev–Trinajstić information content (AvgIpc) is 2.49. The van der Waals surface area contributed by atoms with Crippen molar-refractivity contribution in [3.05, 3.63) is 33.6 Å². The number of nitro groups is 1. The van der Waals surface area contributed by atoms with Gasteiger partial charge in [-0.3, -0.25) is 10.1 Å². The molecule has 122 valence electrons. The molecule has 1 aliphatic rings. The molecule has 1 heterocycles. The van der Waals surface area contributed by atoms with Gasteiger partial charge in [0.1, 0.15) is 5.82 Å². The van der Waals surface area contributed by atoms with Crippen LogP contribution in [0.15, 0.2) is 17.0 Å². The summed E-state index contributed by atoms with van der Waals surface area (Å²) >= 11 is 0. The van der Waals surface area contributed by atoms with Crippen LogP contribution in [-0.2, 0) is 10.0 Å². The van der Waals surface area contributed by atoms with Gasteiger partial charge in [0.2, 0.25) is 10.0 Å². The van der Waals surface area contributed by atoms with Crippen molar-refractivity contribution in [2.24, 2.45) is 5.73 Å². The summed E-state index contributed by atoms with van der Waals surface area (Å²) in [6, 6.07) is 1.39. The number of sulfonamides is 1. The molecule has 2 rings (SSSR count). The number of rotatable bonds is 4. The normalized spacial score (nSPS) is 20.0. The molecule has 22 heavy (non-hydrogen) atoms. The van der Waals surface area contributed by atoms with E-state index in [9.17, 15) is 22.9 Å². The molecule has 9 heteroatoms. The molecule has 0 aliphatic carbocycles. The Bertz CT molecular complexity index is 693. The van der Waals surface area contributed by atoms with Crippen molar-refractivity contribution in [3.8, 4) is 0 Å². The molecule has 0 aromatic heterocycles. The lowest BCUT2D eigenvalue weighted by Crippen LogP contribution is -2.47. The first-order valence-corrected chi connectivity index (χ1v) is 8.39. The van der Waals surface area contributed by atoms with Crippen LogP contribution >= 0.6 is 0 Å². The van der Waals surface area contributed by atoms with Crippen molar-refractivity contribution in [3.63, 3.8) is 0 Å². The third-order valence-corrected chi connectivity index (χ3v) is 5.87. The van der Waals surface area contributed by atoms with Gasteiger partial charge in [0.25, 0.3) is 5.69 Å². The third-order valence-electron chi connectivity index (χ3n) is 3.94. The lowest BCUT2D eigenvalue weighted by atomic mass is 10.1. The Hall–Kier alpha value is -1.58. The maximum Gasteiger partial charge on any atom is 0.276 e. The average molecular weight is 331 g/mol. The molecule has 1 aromatic carbocycles. The minimum absolute atomic E-state index is 0.162. The predicted octanol–water partition coefficient (Wildman–Crippen LogP) is 1.54. The highest BCUT2D eigenvalue weighted by atomic mass is 32.2. The fourth-order valence-electron chi connectivity index (χ4n) is 2.64. The maximum absolute atomic E-state index is 13.9. The largest absolute Gasteiger partial charge is 0.329 e. The van der Waals surface area contributed by atoms with Crippen LogP contribution in [-0.4, -0.2) is 36.8 Å². The van der Waals surface area contributed by atoms with E-state index >= 15 is 0 Å². The summed E-state index contributed by atoms with van der Waals surface area (Å²) in [5, 5.41) is 11.0. The van der Waals surface area contributed by atoms with Gasteiger partial charge in [-0.15, -0.1) is 0 Å². The standard InChI is InChI=1S/C13H18FN3O4S/c1-9-12(14)6-11(7-13(9)17(18)19)22(20,21)16-5-3-2-4-10(16)8-15/h6-7,10H,2-5,8,15H2,1H3. The van der Waals surface area contributed by atoms with Crippen LogP contribution in [0.4, 0.5) is 10.1 Å². The first-order valence-electron chi connectivity index (χ1n) is 6.95. The van der Waals surface area contributed by atoms with E-state index in [1.165, 1.54) is 11.2 Å². The Morgan fingerprint density at radius 2 is 2.14 bits per heavy atom. The van der Waals surface area contributed by atoms with Gasteiger partial charge in [0.05, 0.1) is 15.4 Å². The molecule has 2 N–H and O–H groups in total. The number of nitro benzene ring substituents is 1. The second-order valence-corrected chi connectivity index (χ2v) is 7.20. The molecule has 1 unspecified atom stereocenters. The zero-order valence-corrected chi connectivity index (χ0v) is 13.0. The molecule has 7 nitrogen and oxygen atoms in total. The lowest BCUT2D eigenvalue weighted by Gasteiger charge is -2.33. The van der Waals surface area contributed by atoms with E-state index in [0.717, 1.165) is 18.6 Å². The van der Waals surface area contributed by atoms with Crippen LogP contribution in [0.5, 0.6) is 0 Å². The zero-order valence-electron chi connectivity index (χ0n) is 12.2. The summed E-state index contributed by atoms with van der Waals surface area (Å²) in [5.41, 5.74) is 4.89. The molecule has 1 aliphatic heterocycles. The van der Waals surface area contributed by atoms with E-state index in [1.807, 2.05) is 0 Å². The van der Waals surface area contributed by atoms with Crippen molar-refractivity contribution >= 4 is 15.7 Å². The number of hydrogen-bond acceptors (Lipinski definition) is 5. The molecule has 0 radical (unpaired) electrons. The highest BCUT2D eigenvalue weighted by Crippen LogP contribution is 2.30. The molecule has 0 saturated carbocycles. The Morgan fingerprint density at radius 1 is 1.45 bits per heavy atom. The van der Waals surface area contributed by atoms with Crippen molar-refractivity contribution in [1.82, 2.24) is 4.31 Å². The fraction of sp³-hybridized carbons (Fsp3) is 0.538. The quantitative estimate of drug-likeness (QED) is 0.665. The summed E-state index contributed by atoms with van der Waals surface area (Å²) in [6.45, 7) is 1.69. The Balaban J connectivity index is 2.51. The Labute approximate surface area is 128 Å². The Kier molecular flexibility index (Phi) is 4.78. The van der Waals surface area contributed by atoms with Crippen LogP contribution in [0, 0.1) is 22.9 Å². The number of halogens is 1. The number of hydrogen-bond donors (Lipinski definition) is 1. The van der Waals surface area contributed by atoms with Crippen LogP contribution in [0.2, 0.25) is 0 Å². The first-order chi connectivity index (χ1) is 10.3. The topological polar surface area (TPSA) is 107 Å². The van der Waals surface area contributed by atoms with E-state index in [4.69, 9.17) is 5.73 Å². The van der Waals surface area contributed by atoms with Crippen LogP contribution < -0.4 is 5.73 Å².